The summed E-state index contributed by atoms with van der Waals surface area (Å²) in [7, 11) is 0. The number of carbonyl (C=O) groups is 1. The van der Waals surface area contributed by atoms with Crippen molar-refractivity contribution < 1.29 is 4.79 Å². The maximum Gasteiger partial charge on any atom is 0.222 e. The number of rotatable bonds is 0. The van der Waals surface area contributed by atoms with Gasteiger partial charge in [-0.25, -0.2) is 0 Å². The second-order valence-electron chi connectivity index (χ2n) is 6.63. The highest BCUT2D eigenvalue weighted by Crippen LogP contribution is 2.53. The lowest BCUT2D eigenvalue weighted by atomic mass is 9.63. The lowest BCUT2D eigenvalue weighted by Crippen LogP contribution is -2.48. The van der Waals surface area contributed by atoms with Crippen molar-refractivity contribution in [1.29, 1.82) is 0 Å². The van der Waals surface area contributed by atoms with Crippen LogP contribution in [0.2, 0.25) is 0 Å². The Kier molecular flexibility index (Phi) is 2.31. The van der Waals surface area contributed by atoms with Crippen molar-refractivity contribution in [3.8, 4) is 0 Å². The first kappa shape index (κ1) is 10.6. The van der Waals surface area contributed by atoms with Crippen LogP contribution in [0.15, 0.2) is 0 Å². The first-order valence-electron chi connectivity index (χ1n) is 6.90. The molecule has 0 radical (unpaired) electrons. The van der Waals surface area contributed by atoms with Gasteiger partial charge in [0.25, 0.3) is 0 Å². The number of carbonyl (C=O) groups excluding carboxylic acids is 1. The Morgan fingerprint density at radius 2 is 2.25 bits per heavy atom. The molecule has 2 nitrogen and oxygen atoms in total. The SMILES string of the molecule is CC1CC2CCCC(=O)N3CCC(C)(C1)C23. The number of nitrogens with zero attached hydrogens (tertiary/aromatic N) is 1. The van der Waals surface area contributed by atoms with E-state index in [0.717, 1.165) is 31.2 Å². The zero-order valence-corrected chi connectivity index (χ0v) is 10.5. The Labute approximate surface area is 98.4 Å². The molecule has 0 aromatic rings. The van der Waals surface area contributed by atoms with Crippen LogP contribution in [0.5, 0.6) is 0 Å². The lowest BCUT2D eigenvalue weighted by molar-refractivity contribution is -0.133. The van der Waals surface area contributed by atoms with Gasteiger partial charge in [-0.1, -0.05) is 13.8 Å². The van der Waals surface area contributed by atoms with Crippen LogP contribution in [-0.4, -0.2) is 23.4 Å². The topological polar surface area (TPSA) is 20.3 Å². The quantitative estimate of drug-likeness (QED) is 0.616. The molecule has 4 unspecified atom stereocenters. The van der Waals surface area contributed by atoms with Gasteiger partial charge in [-0.3, -0.25) is 4.79 Å². The third-order valence-corrected chi connectivity index (χ3v) is 5.23. The van der Waals surface area contributed by atoms with E-state index in [1.54, 1.807) is 0 Å². The summed E-state index contributed by atoms with van der Waals surface area (Å²) >= 11 is 0. The molecule has 16 heavy (non-hydrogen) atoms. The fourth-order valence-corrected chi connectivity index (χ4v) is 4.83. The summed E-state index contributed by atoms with van der Waals surface area (Å²) in [6.07, 6.45) is 7.13. The van der Waals surface area contributed by atoms with Crippen LogP contribution >= 0.6 is 0 Å². The molecule has 2 aliphatic heterocycles. The predicted octanol–water partition coefficient (Wildman–Crippen LogP) is 2.82. The fourth-order valence-electron chi connectivity index (χ4n) is 4.83. The summed E-state index contributed by atoms with van der Waals surface area (Å²) in [6.45, 7) is 5.86. The highest BCUT2D eigenvalue weighted by Gasteiger charge is 2.53. The van der Waals surface area contributed by atoms with Gasteiger partial charge in [0.2, 0.25) is 5.91 Å². The van der Waals surface area contributed by atoms with Crippen molar-refractivity contribution in [2.45, 2.75) is 58.4 Å². The van der Waals surface area contributed by atoms with Gasteiger partial charge in [0.05, 0.1) is 0 Å². The maximum atomic E-state index is 12.1. The van der Waals surface area contributed by atoms with Gasteiger partial charge in [-0.05, 0) is 49.4 Å². The Hall–Kier alpha value is -0.530. The smallest absolute Gasteiger partial charge is 0.222 e. The third kappa shape index (κ3) is 1.42. The summed E-state index contributed by atoms with van der Waals surface area (Å²) < 4.78 is 0. The molecular formula is C14H23NO. The van der Waals surface area contributed by atoms with E-state index in [-0.39, 0.29) is 0 Å². The number of hydrogen-bond donors (Lipinski definition) is 0. The minimum absolute atomic E-state index is 0.433. The minimum Gasteiger partial charge on any atom is -0.339 e. The summed E-state index contributed by atoms with van der Waals surface area (Å²) in [4.78, 5) is 14.3. The Morgan fingerprint density at radius 1 is 1.44 bits per heavy atom. The Balaban J connectivity index is 1.96. The highest BCUT2D eigenvalue weighted by molar-refractivity contribution is 5.77. The molecule has 2 heterocycles. The molecule has 90 valence electrons. The molecule has 1 amide bonds. The van der Waals surface area contributed by atoms with E-state index in [2.05, 4.69) is 18.7 Å². The molecule has 3 rings (SSSR count). The van der Waals surface area contributed by atoms with Crippen LogP contribution in [0, 0.1) is 17.3 Å². The van der Waals surface area contributed by atoms with Gasteiger partial charge < -0.3 is 4.90 Å². The first-order chi connectivity index (χ1) is 7.60. The monoisotopic (exact) mass is 221 g/mol. The summed E-state index contributed by atoms with van der Waals surface area (Å²) in [5.74, 6) is 2.09. The van der Waals surface area contributed by atoms with Crippen molar-refractivity contribution in [3.63, 3.8) is 0 Å². The molecule has 2 heteroatoms. The third-order valence-electron chi connectivity index (χ3n) is 5.23. The highest BCUT2D eigenvalue weighted by atomic mass is 16.2. The molecular weight excluding hydrogens is 198 g/mol. The summed E-state index contributed by atoms with van der Waals surface area (Å²) in [5.41, 5.74) is 0.433. The zero-order chi connectivity index (χ0) is 11.3. The predicted molar refractivity (Wildman–Crippen MR) is 64.0 cm³/mol. The largest absolute Gasteiger partial charge is 0.339 e. The van der Waals surface area contributed by atoms with Crippen molar-refractivity contribution >= 4 is 5.91 Å². The summed E-state index contributed by atoms with van der Waals surface area (Å²) in [6, 6.07) is 0.582. The van der Waals surface area contributed by atoms with E-state index in [4.69, 9.17) is 0 Å². The van der Waals surface area contributed by atoms with Crippen LogP contribution < -0.4 is 0 Å². The average molecular weight is 221 g/mol. The number of amides is 1. The van der Waals surface area contributed by atoms with Gasteiger partial charge in [0, 0.05) is 19.0 Å². The first-order valence-corrected chi connectivity index (χ1v) is 6.90. The van der Waals surface area contributed by atoms with Crippen molar-refractivity contribution in [1.82, 2.24) is 4.90 Å². The number of hydrogen-bond acceptors (Lipinski definition) is 1. The molecule has 1 aliphatic carbocycles. The van der Waals surface area contributed by atoms with Crippen molar-refractivity contribution in [2.75, 3.05) is 6.54 Å². The van der Waals surface area contributed by atoms with E-state index in [1.807, 2.05) is 0 Å². The molecule has 1 saturated carbocycles. The van der Waals surface area contributed by atoms with Crippen LogP contribution in [0.25, 0.3) is 0 Å². The van der Waals surface area contributed by atoms with Gasteiger partial charge in [0.15, 0.2) is 0 Å². The molecule has 0 bridgehead atoms. The zero-order valence-electron chi connectivity index (χ0n) is 10.5. The van der Waals surface area contributed by atoms with Gasteiger partial charge in [-0.15, -0.1) is 0 Å². The minimum atomic E-state index is 0.433. The van der Waals surface area contributed by atoms with Gasteiger partial charge in [-0.2, -0.15) is 0 Å². The van der Waals surface area contributed by atoms with Crippen LogP contribution in [0.4, 0.5) is 0 Å². The molecule has 0 aromatic heterocycles. The van der Waals surface area contributed by atoms with Gasteiger partial charge in [0.1, 0.15) is 0 Å². The van der Waals surface area contributed by atoms with E-state index in [9.17, 15) is 4.79 Å². The van der Waals surface area contributed by atoms with E-state index in [0.29, 0.717) is 17.4 Å². The molecule has 0 aromatic carbocycles. The molecule has 0 spiro atoms. The Morgan fingerprint density at radius 3 is 3.06 bits per heavy atom. The lowest BCUT2D eigenvalue weighted by Gasteiger charge is -2.46. The van der Waals surface area contributed by atoms with Gasteiger partial charge >= 0.3 is 0 Å². The normalized spacial score (nSPS) is 47.8. The molecule has 3 fully saturated rings. The fraction of sp³-hybridized carbons (Fsp3) is 0.929. The van der Waals surface area contributed by atoms with Crippen LogP contribution in [-0.2, 0) is 4.79 Å². The molecule has 0 N–H and O–H groups in total. The molecule has 4 atom stereocenters. The second kappa shape index (κ2) is 3.48. The van der Waals surface area contributed by atoms with E-state index >= 15 is 0 Å². The molecule has 2 saturated heterocycles. The standard InChI is InChI=1S/C14H23NO/c1-10-8-11-4-3-5-12(16)15-7-6-14(2,9-10)13(11)15/h10-11,13H,3-9H2,1-2H3. The maximum absolute atomic E-state index is 12.1. The Bertz CT molecular complexity index is 314. The van der Waals surface area contributed by atoms with E-state index < -0.39 is 0 Å². The van der Waals surface area contributed by atoms with Crippen LogP contribution in [0.3, 0.4) is 0 Å². The van der Waals surface area contributed by atoms with Crippen molar-refractivity contribution in [3.05, 3.63) is 0 Å². The molecule has 3 aliphatic rings. The average Bonchev–Trinajstić information content (AvgIpc) is 2.45. The van der Waals surface area contributed by atoms with Crippen LogP contribution in [0.1, 0.15) is 52.4 Å². The summed E-state index contributed by atoms with van der Waals surface area (Å²) in [5, 5.41) is 0. The van der Waals surface area contributed by atoms with Crippen molar-refractivity contribution in [2.24, 2.45) is 17.3 Å². The second-order valence-corrected chi connectivity index (χ2v) is 6.63. The van der Waals surface area contributed by atoms with E-state index in [1.165, 1.54) is 25.7 Å².